The van der Waals surface area contributed by atoms with Gasteiger partial charge in [-0.15, -0.1) is 0 Å². The maximum atomic E-state index is 5.64. The molecular formula is C17H34N2O. The molecule has 0 aromatic heterocycles. The molecule has 0 aromatic rings. The lowest BCUT2D eigenvalue weighted by Gasteiger charge is -2.53. The molecule has 1 saturated heterocycles. The molecule has 0 spiro atoms. The molecule has 2 fully saturated rings. The quantitative estimate of drug-likeness (QED) is 0.842. The summed E-state index contributed by atoms with van der Waals surface area (Å²) in [5.41, 5.74) is 0.547. The molecular weight excluding hydrogens is 248 g/mol. The minimum Gasteiger partial charge on any atom is -0.381 e. The molecule has 3 nitrogen and oxygen atoms in total. The van der Waals surface area contributed by atoms with Crippen molar-refractivity contribution in [1.82, 2.24) is 10.2 Å². The third-order valence-corrected chi connectivity index (χ3v) is 5.15. The van der Waals surface area contributed by atoms with Gasteiger partial charge in [-0.1, -0.05) is 20.8 Å². The Morgan fingerprint density at radius 2 is 1.90 bits per heavy atom. The highest BCUT2D eigenvalue weighted by atomic mass is 16.5. The lowest BCUT2D eigenvalue weighted by molar-refractivity contribution is -0.0381. The Balaban J connectivity index is 2.14. The van der Waals surface area contributed by atoms with Gasteiger partial charge in [0.1, 0.15) is 0 Å². The average molecular weight is 282 g/mol. The number of hydrogen-bond acceptors (Lipinski definition) is 3. The standard InChI is InChI=1S/C17H34N2O/c1-16(2,3)15-11-18-17(4,5)12-19(15)13-8-7-9-14(10-13)20-6/h13-15,18H,7-12H2,1-6H3. The summed E-state index contributed by atoms with van der Waals surface area (Å²) in [6, 6.07) is 1.32. The smallest absolute Gasteiger partial charge is 0.0586 e. The average Bonchev–Trinajstić information content (AvgIpc) is 2.36. The van der Waals surface area contributed by atoms with Crippen molar-refractivity contribution in [3.8, 4) is 0 Å². The van der Waals surface area contributed by atoms with Gasteiger partial charge in [-0.25, -0.2) is 0 Å². The number of rotatable bonds is 2. The Labute approximate surface area is 125 Å². The van der Waals surface area contributed by atoms with Gasteiger partial charge in [-0.2, -0.15) is 0 Å². The van der Waals surface area contributed by atoms with E-state index < -0.39 is 0 Å². The maximum absolute atomic E-state index is 5.64. The lowest BCUT2D eigenvalue weighted by atomic mass is 9.79. The van der Waals surface area contributed by atoms with Crippen molar-refractivity contribution in [2.24, 2.45) is 5.41 Å². The van der Waals surface area contributed by atoms with Crippen LogP contribution in [0.25, 0.3) is 0 Å². The molecule has 0 radical (unpaired) electrons. The van der Waals surface area contributed by atoms with Gasteiger partial charge in [0.25, 0.3) is 0 Å². The number of methoxy groups -OCH3 is 1. The van der Waals surface area contributed by atoms with Crippen LogP contribution in [0.3, 0.4) is 0 Å². The van der Waals surface area contributed by atoms with Crippen molar-refractivity contribution in [3.63, 3.8) is 0 Å². The summed E-state index contributed by atoms with van der Waals surface area (Å²) < 4.78 is 5.64. The van der Waals surface area contributed by atoms with E-state index in [0.29, 0.717) is 23.6 Å². The fraction of sp³-hybridized carbons (Fsp3) is 1.00. The molecule has 1 aliphatic heterocycles. The molecule has 3 unspecified atom stereocenters. The van der Waals surface area contributed by atoms with Gasteiger partial charge in [0.05, 0.1) is 6.10 Å². The van der Waals surface area contributed by atoms with Crippen molar-refractivity contribution >= 4 is 0 Å². The van der Waals surface area contributed by atoms with Crippen LogP contribution < -0.4 is 5.32 Å². The van der Waals surface area contributed by atoms with Crippen molar-refractivity contribution in [3.05, 3.63) is 0 Å². The highest BCUT2D eigenvalue weighted by Crippen LogP contribution is 2.35. The van der Waals surface area contributed by atoms with E-state index in [0.717, 1.165) is 13.1 Å². The minimum absolute atomic E-state index is 0.224. The first kappa shape index (κ1) is 16.3. The second kappa shape index (κ2) is 5.94. The first-order valence-electron chi connectivity index (χ1n) is 8.26. The minimum atomic E-state index is 0.224. The number of ether oxygens (including phenoxy) is 1. The molecule has 3 atom stereocenters. The molecule has 0 aromatic carbocycles. The van der Waals surface area contributed by atoms with Crippen LogP contribution in [0, 0.1) is 5.41 Å². The molecule has 3 heteroatoms. The summed E-state index contributed by atoms with van der Waals surface area (Å²) in [7, 11) is 1.87. The molecule has 2 aliphatic rings. The number of hydrogen-bond donors (Lipinski definition) is 1. The van der Waals surface area contributed by atoms with Crippen molar-refractivity contribution < 1.29 is 4.74 Å². The van der Waals surface area contributed by atoms with E-state index in [2.05, 4.69) is 44.8 Å². The van der Waals surface area contributed by atoms with Crippen molar-refractivity contribution in [2.45, 2.75) is 84.0 Å². The fourth-order valence-electron chi connectivity index (χ4n) is 3.94. The molecule has 1 heterocycles. The Morgan fingerprint density at radius 3 is 2.50 bits per heavy atom. The normalized spacial score (nSPS) is 36.0. The van der Waals surface area contributed by atoms with Crippen LogP contribution in [0.2, 0.25) is 0 Å². The SMILES string of the molecule is COC1CCCC(N2CC(C)(C)NCC2C(C)(C)C)C1. The molecule has 20 heavy (non-hydrogen) atoms. The largest absolute Gasteiger partial charge is 0.381 e. The molecule has 1 saturated carbocycles. The highest BCUT2D eigenvalue weighted by molar-refractivity contribution is 5.00. The Bertz CT molecular complexity index is 321. The van der Waals surface area contributed by atoms with Crippen LogP contribution in [0.5, 0.6) is 0 Å². The second-order valence-corrected chi connectivity index (χ2v) is 8.50. The second-order valence-electron chi connectivity index (χ2n) is 8.50. The fourth-order valence-corrected chi connectivity index (χ4v) is 3.94. The zero-order valence-electron chi connectivity index (χ0n) is 14.3. The summed E-state index contributed by atoms with van der Waals surface area (Å²) in [5.74, 6) is 0. The highest BCUT2D eigenvalue weighted by Gasteiger charge is 2.42. The summed E-state index contributed by atoms with van der Waals surface area (Å²) in [6.07, 6.45) is 5.56. The van der Waals surface area contributed by atoms with Gasteiger partial charge in [0, 0.05) is 37.8 Å². The lowest BCUT2D eigenvalue weighted by Crippen LogP contribution is -2.67. The van der Waals surface area contributed by atoms with E-state index in [1.165, 1.54) is 25.7 Å². The predicted molar refractivity (Wildman–Crippen MR) is 85.1 cm³/mol. The van der Waals surface area contributed by atoms with Gasteiger partial charge >= 0.3 is 0 Å². The van der Waals surface area contributed by atoms with Gasteiger partial charge in [0.15, 0.2) is 0 Å². The first-order valence-corrected chi connectivity index (χ1v) is 8.26. The first-order chi connectivity index (χ1) is 9.23. The molecule has 118 valence electrons. The van der Waals surface area contributed by atoms with Crippen LogP contribution in [-0.4, -0.2) is 48.8 Å². The van der Waals surface area contributed by atoms with Crippen molar-refractivity contribution in [2.75, 3.05) is 20.2 Å². The number of nitrogens with one attached hydrogen (secondary N) is 1. The summed E-state index contributed by atoms with van der Waals surface area (Å²) in [4.78, 5) is 2.79. The van der Waals surface area contributed by atoms with Crippen LogP contribution in [0.15, 0.2) is 0 Å². The van der Waals surface area contributed by atoms with E-state index >= 15 is 0 Å². The van der Waals surface area contributed by atoms with Crippen LogP contribution >= 0.6 is 0 Å². The maximum Gasteiger partial charge on any atom is 0.0586 e. The topological polar surface area (TPSA) is 24.5 Å². The monoisotopic (exact) mass is 282 g/mol. The summed E-state index contributed by atoms with van der Waals surface area (Å²) in [5, 5.41) is 3.74. The Morgan fingerprint density at radius 1 is 1.20 bits per heavy atom. The Hall–Kier alpha value is -0.120. The van der Waals surface area contributed by atoms with E-state index in [-0.39, 0.29) is 5.54 Å². The molecule has 2 rings (SSSR count). The van der Waals surface area contributed by atoms with E-state index in [4.69, 9.17) is 4.74 Å². The Kier molecular flexibility index (Phi) is 4.83. The van der Waals surface area contributed by atoms with Crippen molar-refractivity contribution in [1.29, 1.82) is 0 Å². The van der Waals surface area contributed by atoms with Crippen LogP contribution in [0.4, 0.5) is 0 Å². The van der Waals surface area contributed by atoms with Gasteiger partial charge in [0.2, 0.25) is 0 Å². The molecule has 0 bridgehead atoms. The zero-order chi connectivity index (χ0) is 15.0. The van der Waals surface area contributed by atoms with Gasteiger partial charge < -0.3 is 10.1 Å². The third-order valence-electron chi connectivity index (χ3n) is 5.15. The van der Waals surface area contributed by atoms with E-state index in [1.807, 2.05) is 7.11 Å². The molecule has 1 N–H and O–H groups in total. The zero-order valence-corrected chi connectivity index (χ0v) is 14.3. The number of piperazine rings is 1. The van der Waals surface area contributed by atoms with Crippen LogP contribution in [-0.2, 0) is 4.74 Å². The third kappa shape index (κ3) is 3.75. The number of nitrogens with zero attached hydrogens (tertiary/aromatic N) is 1. The van der Waals surface area contributed by atoms with E-state index in [9.17, 15) is 0 Å². The molecule has 0 amide bonds. The summed E-state index contributed by atoms with van der Waals surface area (Å²) >= 11 is 0. The van der Waals surface area contributed by atoms with Crippen LogP contribution in [0.1, 0.15) is 60.3 Å². The van der Waals surface area contributed by atoms with E-state index in [1.54, 1.807) is 0 Å². The summed E-state index contributed by atoms with van der Waals surface area (Å²) in [6.45, 7) is 14.0. The van der Waals surface area contributed by atoms with Gasteiger partial charge in [-0.3, -0.25) is 4.90 Å². The van der Waals surface area contributed by atoms with Gasteiger partial charge in [-0.05, 0) is 44.9 Å². The predicted octanol–water partition coefficient (Wildman–Crippen LogP) is 3.04. The molecule has 1 aliphatic carbocycles.